The average molecular weight is 580 g/mol. The van der Waals surface area contributed by atoms with E-state index in [1.54, 1.807) is 5.38 Å². The quantitative estimate of drug-likeness (QED) is 0.110. The molecule has 14 nitrogen and oxygen atoms in total. The predicted molar refractivity (Wildman–Crippen MR) is 125 cm³/mol. The molecule has 2 atom stereocenters. The number of primary amides is 1. The molecule has 36 heavy (non-hydrogen) atoms. The van der Waals surface area contributed by atoms with Crippen molar-refractivity contribution in [2.24, 2.45) is 5.73 Å². The Bertz CT molecular complexity index is 1280. The van der Waals surface area contributed by atoms with Crippen LogP contribution < -0.4 is 51.4 Å². The van der Waals surface area contributed by atoms with E-state index in [4.69, 9.17) is 23.1 Å². The van der Waals surface area contributed by atoms with Gasteiger partial charge >= 0.3 is 29.6 Å². The van der Waals surface area contributed by atoms with E-state index in [-0.39, 0.29) is 74.9 Å². The fourth-order valence-corrected chi connectivity index (χ4v) is 6.47. The topological polar surface area (TPSA) is 215 Å². The van der Waals surface area contributed by atoms with Crippen LogP contribution in [0.2, 0.25) is 0 Å². The van der Waals surface area contributed by atoms with Crippen molar-refractivity contribution < 1.29 is 53.8 Å². The summed E-state index contributed by atoms with van der Waals surface area (Å²) in [6.07, 6.45) is 0. The number of fused-ring (bicyclic) bond motifs is 1. The number of carbonyl (C=O) groups excluding carboxylic acids is 4. The number of carboxylic acid groups (broad SMARTS) is 1. The molecule has 2 aromatic heterocycles. The molecule has 5 N–H and O–H groups in total. The molecule has 1 fully saturated rings. The summed E-state index contributed by atoms with van der Waals surface area (Å²) in [5, 5.41) is 26.8. The molecule has 0 bridgehead atoms. The summed E-state index contributed by atoms with van der Waals surface area (Å²) in [5.41, 5.74) is 12.2. The summed E-state index contributed by atoms with van der Waals surface area (Å²) in [5.74, 6) is -3.06. The normalized spacial score (nSPS) is 19.3. The molecule has 0 aromatic carbocycles. The van der Waals surface area contributed by atoms with E-state index in [9.17, 15) is 24.3 Å². The van der Waals surface area contributed by atoms with Crippen LogP contribution in [0.3, 0.4) is 0 Å². The Labute approximate surface area is 242 Å². The largest absolute Gasteiger partial charge is 1.00 e. The third kappa shape index (κ3) is 5.71. The van der Waals surface area contributed by atoms with Crippen LogP contribution in [-0.4, -0.2) is 76.7 Å². The number of nitrogens with two attached hydrogens (primary N) is 2. The molecular weight excluding hydrogens is 565 g/mol. The molecule has 2 aliphatic heterocycles. The Kier molecular flexibility index (Phi) is 9.42. The molecule has 4 rings (SSSR count). The number of aliphatic carboxylic acids is 1. The van der Waals surface area contributed by atoms with Crippen LogP contribution >= 0.6 is 46.5 Å². The number of thiazole rings is 1. The zero-order valence-corrected chi connectivity index (χ0v) is 23.6. The molecule has 1 saturated heterocycles. The van der Waals surface area contributed by atoms with Gasteiger partial charge in [0.2, 0.25) is 11.1 Å². The third-order valence-electron chi connectivity index (χ3n) is 4.86. The molecule has 0 saturated carbocycles. The number of hydrogen-bond acceptors (Lipinski definition) is 13. The number of aromatic nitrogens is 5. The number of tetrazole rings is 1. The number of anilines is 1. The van der Waals surface area contributed by atoms with Crippen molar-refractivity contribution in [3.63, 3.8) is 0 Å². The van der Waals surface area contributed by atoms with Crippen molar-refractivity contribution >= 4 is 80.9 Å². The van der Waals surface area contributed by atoms with Crippen LogP contribution in [0.25, 0.3) is 5.57 Å². The van der Waals surface area contributed by atoms with Crippen molar-refractivity contribution in [3.05, 3.63) is 27.9 Å². The van der Waals surface area contributed by atoms with Gasteiger partial charge in [-0.2, -0.15) is 0 Å². The van der Waals surface area contributed by atoms with Gasteiger partial charge in [-0.3, -0.25) is 19.3 Å². The average Bonchev–Trinajstić information content (AvgIpc) is 3.43. The number of nitrogen functional groups attached to an aromatic ring is 1. The number of amides is 3. The van der Waals surface area contributed by atoms with Gasteiger partial charge in [-0.25, -0.2) is 9.67 Å². The first-order valence-electron chi connectivity index (χ1n) is 9.59. The molecule has 0 spiro atoms. The van der Waals surface area contributed by atoms with Gasteiger partial charge in [0.15, 0.2) is 5.13 Å². The first kappa shape index (κ1) is 28.4. The van der Waals surface area contributed by atoms with Gasteiger partial charge in [0, 0.05) is 22.4 Å². The second-order valence-electron chi connectivity index (χ2n) is 7.07. The fraction of sp³-hybridized carbons (Fsp3) is 0.294. The fourth-order valence-electron chi connectivity index (χ4n) is 3.33. The van der Waals surface area contributed by atoms with Gasteiger partial charge in [-0.15, -0.1) is 28.2 Å². The van der Waals surface area contributed by atoms with Crippen LogP contribution in [0, 0.1) is 0 Å². The van der Waals surface area contributed by atoms with Crippen LogP contribution in [0.1, 0.15) is 5.69 Å². The maximum atomic E-state index is 12.8. The van der Waals surface area contributed by atoms with Gasteiger partial charge in [-0.1, -0.05) is 23.4 Å². The second kappa shape index (κ2) is 11.9. The molecular formula is C17H15ClN9NaO5S3. The van der Waals surface area contributed by atoms with Crippen LogP contribution in [0.15, 0.2) is 27.3 Å². The monoisotopic (exact) mass is 579 g/mol. The minimum absolute atomic E-state index is 0. The van der Waals surface area contributed by atoms with Crippen molar-refractivity contribution in [2.75, 3.05) is 17.2 Å². The molecule has 1 unspecified atom stereocenters. The van der Waals surface area contributed by atoms with E-state index in [1.165, 1.54) is 16.4 Å². The van der Waals surface area contributed by atoms with Gasteiger partial charge < -0.3 is 26.7 Å². The minimum atomic E-state index is -1.53. The van der Waals surface area contributed by atoms with Crippen LogP contribution in [-0.2, 0) is 25.7 Å². The third-order valence-corrected chi connectivity index (χ3v) is 8.13. The molecule has 184 valence electrons. The zero-order chi connectivity index (χ0) is 25.3. The van der Waals surface area contributed by atoms with Gasteiger partial charge in [0.1, 0.15) is 18.0 Å². The summed E-state index contributed by atoms with van der Waals surface area (Å²) in [6.45, 7) is -0.239. The Morgan fingerprint density at radius 1 is 1.39 bits per heavy atom. The summed E-state index contributed by atoms with van der Waals surface area (Å²) >= 11 is 9.27. The Hall–Kier alpha value is -2.15. The first-order valence-corrected chi connectivity index (χ1v) is 12.9. The van der Waals surface area contributed by atoms with Gasteiger partial charge in [0.05, 0.1) is 22.9 Å². The number of nitrogens with one attached hydrogen (secondary N) is 1. The molecule has 3 amide bonds. The van der Waals surface area contributed by atoms with Crippen LogP contribution in [0.5, 0.6) is 0 Å². The van der Waals surface area contributed by atoms with E-state index in [0.29, 0.717) is 5.57 Å². The summed E-state index contributed by atoms with van der Waals surface area (Å²) in [4.78, 5) is 53.7. The number of thioether (sulfide) groups is 2. The number of hydrogen-bond donors (Lipinski definition) is 3. The van der Waals surface area contributed by atoms with E-state index < -0.39 is 35.1 Å². The van der Waals surface area contributed by atoms with Gasteiger partial charge in [0.25, 0.3) is 11.8 Å². The minimum Gasteiger partial charge on any atom is -0.543 e. The van der Waals surface area contributed by atoms with Crippen molar-refractivity contribution in [1.82, 2.24) is 35.4 Å². The predicted octanol–water partition coefficient (Wildman–Crippen LogP) is -5.02. The number of carboxylic acids is 1. The second-order valence-corrected chi connectivity index (χ2v) is 10.2. The number of nitrogens with zero attached hydrogens (tertiary/aromatic N) is 6. The SMILES string of the molecule is NC(=O)Cn1nnnc1SCC1=C(C(=O)[O-])N2C(=O)C(NC(=O)C(=CCl)c3csc(N)n3)[C@@H]2SC1.[Na+]. The first-order chi connectivity index (χ1) is 16.7. The zero-order valence-electron chi connectivity index (χ0n) is 18.4. The molecule has 2 aromatic rings. The standard InChI is InChI=1S/C17H16ClN9O5S3.Na/c18-1-7(8-5-34-16(20)21-8)12(29)22-10-13(30)27-11(15(31)32)6(3-33-14(10)27)4-35-17-23-24-25-26(17)2-9(19)28;/h1,5,10,14H,2-4H2,(H2,19,28)(H2,20,21)(H,22,29)(H,31,32);/q;+1/p-1/t10?,14-;/m0./s1. The molecule has 0 aliphatic carbocycles. The van der Waals surface area contributed by atoms with Crippen LogP contribution in [0.4, 0.5) is 5.13 Å². The number of rotatable bonds is 9. The van der Waals surface area contributed by atoms with Gasteiger partial charge in [-0.05, 0) is 16.0 Å². The van der Waals surface area contributed by atoms with E-state index in [1.807, 2.05) is 0 Å². The van der Waals surface area contributed by atoms with Crippen molar-refractivity contribution in [2.45, 2.75) is 23.1 Å². The molecule has 19 heteroatoms. The Balaban J connectivity index is 0.00000361. The Morgan fingerprint density at radius 2 is 2.14 bits per heavy atom. The maximum absolute atomic E-state index is 12.8. The number of carbonyl (C=O) groups is 4. The molecule has 2 aliphatic rings. The van der Waals surface area contributed by atoms with Crippen molar-refractivity contribution in [3.8, 4) is 0 Å². The van der Waals surface area contributed by atoms with E-state index in [0.717, 1.165) is 33.5 Å². The summed E-state index contributed by atoms with van der Waals surface area (Å²) in [7, 11) is 0. The van der Waals surface area contributed by atoms with E-state index in [2.05, 4.69) is 25.8 Å². The Morgan fingerprint density at radius 3 is 2.75 bits per heavy atom. The van der Waals surface area contributed by atoms with Crippen molar-refractivity contribution in [1.29, 1.82) is 0 Å². The summed E-state index contributed by atoms with van der Waals surface area (Å²) in [6, 6.07) is -0.971. The smallest absolute Gasteiger partial charge is 0.543 e. The van der Waals surface area contributed by atoms with E-state index >= 15 is 0 Å². The summed E-state index contributed by atoms with van der Waals surface area (Å²) < 4.78 is 1.18. The number of β-lactam (4-membered cyclic amide) rings is 1. The number of halogens is 1. The molecule has 4 heterocycles. The molecule has 0 radical (unpaired) electrons. The maximum Gasteiger partial charge on any atom is 1.00 e.